The number of terminal acetylenes is 1. The van der Waals surface area contributed by atoms with Crippen molar-refractivity contribution in [3.63, 3.8) is 0 Å². The molecule has 1 saturated carbocycles. The summed E-state index contributed by atoms with van der Waals surface area (Å²) >= 11 is 0. The van der Waals surface area contributed by atoms with Crippen LogP contribution in [0.5, 0.6) is 11.8 Å². The van der Waals surface area contributed by atoms with Crippen LogP contribution in [0.4, 0.5) is 14.6 Å². The van der Waals surface area contributed by atoms with Crippen molar-refractivity contribution < 1.29 is 33.3 Å². The molecule has 0 spiro atoms. The molecule has 0 radical (unpaired) electrons. The van der Waals surface area contributed by atoms with Crippen LogP contribution in [0.15, 0.2) is 30.5 Å². The number of aliphatic hydroxyl groups is 1. The third-order valence-corrected chi connectivity index (χ3v) is 11.4. The maximum Gasteiger partial charge on any atom is 0.319 e. The highest BCUT2D eigenvalue weighted by Crippen LogP contribution is 2.49. The summed E-state index contributed by atoms with van der Waals surface area (Å²) in [6, 6.07) is 5.69. The first kappa shape index (κ1) is 34.4. The van der Waals surface area contributed by atoms with Crippen molar-refractivity contribution in [1.82, 2.24) is 24.8 Å². The highest BCUT2D eigenvalue weighted by Gasteiger charge is 2.52. The zero-order valence-electron chi connectivity index (χ0n) is 29.2. The van der Waals surface area contributed by atoms with E-state index in [0.29, 0.717) is 69.1 Å². The van der Waals surface area contributed by atoms with E-state index in [4.69, 9.17) is 20.9 Å². The van der Waals surface area contributed by atoms with E-state index in [1.807, 2.05) is 4.90 Å². The number of hydrogen-bond donors (Lipinski definition) is 2. The second-order valence-electron chi connectivity index (χ2n) is 14.9. The lowest BCUT2D eigenvalue weighted by atomic mass is 9.75. The summed E-state index contributed by atoms with van der Waals surface area (Å²) in [4.78, 5) is 31.9. The number of benzene rings is 2. The third-order valence-electron chi connectivity index (χ3n) is 11.4. The van der Waals surface area contributed by atoms with Gasteiger partial charge in [-0.25, -0.2) is 8.78 Å². The van der Waals surface area contributed by atoms with Crippen LogP contribution in [-0.4, -0.2) is 112 Å². The number of piperidine rings is 1. The van der Waals surface area contributed by atoms with E-state index in [-0.39, 0.29) is 56.8 Å². The molecule has 0 bridgehead atoms. The number of carbonyl (C=O) groups is 1. The molecule has 11 nitrogen and oxygen atoms in total. The Bertz CT molecular complexity index is 2090. The van der Waals surface area contributed by atoms with Crippen molar-refractivity contribution >= 4 is 33.4 Å². The number of aromatic nitrogens is 3. The minimum atomic E-state index is -0.928. The third kappa shape index (κ3) is 6.06. The lowest BCUT2D eigenvalue weighted by Crippen LogP contribution is -2.69. The molecule has 2 atom stereocenters. The minimum Gasteiger partial charge on any atom is -0.508 e. The second kappa shape index (κ2) is 13.4. The number of phenols is 1. The Hall–Kier alpha value is -4.64. The molecule has 0 unspecified atom stereocenters. The Balaban J connectivity index is 1.16. The highest BCUT2D eigenvalue weighted by molar-refractivity contribution is 6.03. The zero-order chi connectivity index (χ0) is 36.2. The Morgan fingerprint density at radius 3 is 2.75 bits per heavy atom. The smallest absolute Gasteiger partial charge is 0.319 e. The van der Waals surface area contributed by atoms with Gasteiger partial charge in [-0.3, -0.25) is 14.7 Å². The number of fused-ring (bicyclic) bond motifs is 3. The second-order valence-corrected chi connectivity index (χ2v) is 14.9. The lowest BCUT2D eigenvalue weighted by Gasteiger charge is -2.52. The van der Waals surface area contributed by atoms with Gasteiger partial charge >= 0.3 is 6.01 Å². The van der Waals surface area contributed by atoms with Crippen molar-refractivity contribution in [1.29, 1.82) is 0 Å². The average molecular weight is 713 g/mol. The number of likely N-dealkylation sites (tertiary alicyclic amines) is 2. The van der Waals surface area contributed by atoms with Gasteiger partial charge in [-0.2, -0.15) is 9.97 Å². The molecule has 5 heterocycles. The van der Waals surface area contributed by atoms with E-state index in [2.05, 4.69) is 20.8 Å². The number of nitrogens with zero attached hydrogens (tertiary/aromatic N) is 6. The maximum absolute atomic E-state index is 17.0. The molecule has 2 aromatic heterocycles. The Morgan fingerprint density at radius 1 is 1.12 bits per heavy atom. The number of anilines is 1. The number of ether oxygens (including phenoxy) is 2. The van der Waals surface area contributed by atoms with E-state index in [9.17, 15) is 19.4 Å². The fraction of sp³-hybridized carbons (Fsp3) is 0.487. The van der Waals surface area contributed by atoms with Crippen LogP contribution in [0.2, 0.25) is 0 Å². The van der Waals surface area contributed by atoms with Gasteiger partial charge in [-0.05, 0) is 62.2 Å². The van der Waals surface area contributed by atoms with Crippen LogP contribution < -0.4 is 9.64 Å². The van der Waals surface area contributed by atoms with Crippen molar-refractivity contribution in [2.45, 2.75) is 57.1 Å². The molecule has 1 amide bonds. The Morgan fingerprint density at radius 2 is 1.94 bits per heavy atom. The molecule has 1 aliphatic carbocycles. The predicted molar refractivity (Wildman–Crippen MR) is 191 cm³/mol. The van der Waals surface area contributed by atoms with E-state index in [1.54, 1.807) is 4.90 Å². The van der Waals surface area contributed by atoms with Gasteiger partial charge < -0.3 is 29.5 Å². The number of rotatable bonds is 7. The summed E-state index contributed by atoms with van der Waals surface area (Å²) in [5.74, 6) is 1.26. The van der Waals surface area contributed by atoms with Gasteiger partial charge in [0.1, 0.15) is 34.2 Å². The molecular weight excluding hydrogens is 670 g/mol. The van der Waals surface area contributed by atoms with Crippen LogP contribution in [0.3, 0.4) is 0 Å². The molecule has 3 aliphatic heterocycles. The monoisotopic (exact) mass is 712 g/mol. The molecule has 13 heteroatoms. The fourth-order valence-electron chi connectivity index (χ4n) is 9.00. The van der Waals surface area contributed by atoms with Crippen molar-refractivity contribution in [3.05, 3.63) is 47.7 Å². The number of pyridine rings is 1. The van der Waals surface area contributed by atoms with E-state index in [0.717, 1.165) is 45.1 Å². The first-order valence-corrected chi connectivity index (χ1v) is 18.0. The molecule has 2 aromatic carbocycles. The summed E-state index contributed by atoms with van der Waals surface area (Å²) in [5.41, 5.74) is -1.20. The average Bonchev–Trinajstić information content (AvgIpc) is 3.37. The van der Waals surface area contributed by atoms with Crippen LogP contribution >= 0.6 is 0 Å². The van der Waals surface area contributed by atoms with Gasteiger partial charge in [-0.15, -0.1) is 6.42 Å². The molecule has 52 heavy (non-hydrogen) atoms. The SMILES string of the molecule is C#Cc1c(F)ccc2cc(O)cc(-c3ncc4c(N5CCCOCC5)nc(OC[C@]56CCC[C@H]5N(CC5(O)CN(C(C)=O)C5)CCC6)nc4c3F)c12. The maximum atomic E-state index is 17.0. The lowest BCUT2D eigenvalue weighted by molar-refractivity contribution is -0.161. The van der Waals surface area contributed by atoms with Crippen molar-refractivity contribution in [2.24, 2.45) is 5.41 Å². The summed E-state index contributed by atoms with van der Waals surface area (Å²) in [7, 11) is 0. The molecule has 4 aromatic rings. The first-order chi connectivity index (χ1) is 25.1. The topological polar surface area (TPSA) is 124 Å². The number of β-amino-alcohol motifs (C(OH)–C–C–N with tert-alkyl or cyclic N) is 1. The van der Waals surface area contributed by atoms with Crippen LogP contribution in [0.1, 0.15) is 51.0 Å². The summed E-state index contributed by atoms with van der Waals surface area (Å²) in [5, 5.41) is 22.9. The normalized spacial score (nSPS) is 23.2. The first-order valence-electron chi connectivity index (χ1n) is 18.0. The van der Waals surface area contributed by atoms with Crippen molar-refractivity contribution in [2.75, 3.05) is 64.0 Å². The van der Waals surface area contributed by atoms with Gasteiger partial charge in [0.2, 0.25) is 5.91 Å². The summed E-state index contributed by atoms with van der Waals surface area (Å²) in [6.07, 6.45) is 12.8. The highest BCUT2D eigenvalue weighted by atomic mass is 19.1. The van der Waals surface area contributed by atoms with Crippen LogP contribution in [0.25, 0.3) is 32.9 Å². The number of aromatic hydroxyl groups is 1. The molecule has 272 valence electrons. The van der Waals surface area contributed by atoms with Gasteiger partial charge in [-0.1, -0.05) is 18.4 Å². The van der Waals surface area contributed by atoms with E-state index in [1.165, 1.54) is 37.4 Å². The minimum absolute atomic E-state index is 0.0155. The predicted octanol–water partition coefficient (Wildman–Crippen LogP) is 4.64. The van der Waals surface area contributed by atoms with E-state index < -0.39 is 17.2 Å². The molecule has 8 rings (SSSR count). The summed E-state index contributed by atoms with van der Waals surface area (Å²) in [6.45, 7) is 6.10. The van der Waals surface area contributed by atoms with Gasteiger partial charge in [0.15, 0.2) is 5.82 Å². The summed E-state index contributed by atoms with van der Waals surface area (Å²) < 4.78 is 44.1. The standard InChI is InChI=1S/C39H42F2N6O5/c1-3-27-30(40)9-8-25-17-26(49)18-28(32(25)27)34-33(41)35-29(19-42-34)36(45-13-6-15-51-16-14-45)44-37(43-35)52-23-38-10-4-7-31(38)46(12-5-11-38)20-39(50)21-47(22-39)24(2)48/h1,8-9,17-19,31,49-50H,4-7,10-16,20-23H2,2H3/t31-,38-/m1/s1. The van der Waals surface area contributed by atoms with E-state index >= 15 is 4.39 Å². The number of carbonyl (C=O) groups excluding carboxylic acids is 1. The zero-order valence-corrected chi connectivity index (χ0v) is 29.2. The number of hydrogen-bond acceptors (Lipinski definition) is 10. The van der Waals surface area contributed by atoms with Crippen LogP contribution in [-0.2, 0) is 9.53 Å². The largest absolute Gasteiger partial charge is 0.508 e. The molecule has 2 N–H and O–H groups in total. The van der Waals surface area contributed by atoms with Crippen molar-refractivity contribution in [3.8, 4) is 35.4 Å². The Kier molecular flexibility index (Phi) is 8.88. The molecule has 4 aliphatic rings. The van der Waals surface area contributed by atoms with Gasteiger partial charge in [0, 0.05) is 61.8 Å². The Labute approximate surface area is 300 Å². The fourth-order valence-corrected chi connectivity index (χ4v) is 9.00. The van der Waals surface area contributed by atoms with Crippen LogP contribution in [0, 0.1) is 29.4 Å². The molecular formula is C39H42F2N6O5. The number of halogens is 2. The number of phenolic OH excluding ortho intramolecular Hbond substituents is 1. The molecule has 3 saturated heterocycles. The molecule has 4 fully saturated rings. The van der Waals surface area contributed by atoms with Gasteiger partial charge in [0.05, 0.1) is 37.3 Å². The number of amides is 1. The van der Waals surface area contributed by atoms with Gasteiger partial charge in [0.25, 0.3) is 0 Å². The quantitative estimate of drug-likeness (QED) is 0.262.